The molecule has 0 aliphatic rings. The molecule has 0 bridgehead atoms. The minimum atomic E-state index is 0.617. The van der Waals surface area contributed by atoms with Crippen LogP contribution in [0, 0.1) is 11.3 Å². The Morgan fingerprint density at radius 2 is 2.37 bits per heavy atom. The smallest absolute Gasteiger partial charge is 0.207 e. The van der Waals surface area contributed by atoms with Gasteiger partial charge >= 0.3 is 0 Å². The number of amides is 1. The lowest BCUT2D eigenvalue weighted by atomic mass is 10.1. The van der Waals surface area contributed by atoms with E-state index in [9.17, 15) is 4.79 Å². The number of likely N-dealkylation sites (N-methyl/N-ethyl adjacent to an activating group) is 1. The van der Waals surface area contributed by atoms with Gasteiger partial charge in [0.25, 0.3) is 0 Å². The van der Waals surface area contributed by atoms with Crippen LogP contribution >= 0.6 is 0 Å². The number of aromatic amines is 1. The van der Waals surface area contributed by atoms with Crippen LogP contribution in [-0.4, -0.2) is 36.4 Å². The highest BCUT2D eigenvalue weighted by Gasteiger charge is 2.07. The molecule has 1 heterocycles. The highest BCUT2D eigenvalue weighted by atomic mass is 16.1. The summed E-state index contributed by atoms with van der Waals surface area (Å²) in [6, 6.07) is 7.93. The van der Waals surface area contributed by atoms with Gasteiger partial charge in [0.1, 0.15) is 0 Å². The van der Waals surface area contributed by atoms with Crippen molar-refractivity contribution >= 4 is 17.3 Å². The van der Waals surface area contributed by atoms with E-state index in [-0.39, 0.29) is 0 Å². The fourth-order valence-corrected chi connectivity index (χ4v) is 2.12. The first-order valence-electron chi connectivity index (χ1n) is 6.10. The Bertz CT molecular complexity index is 611. The Hall–Kier alpha value is -2.32. The van der Waals surface area contributed by atoms with Crippen molar-refractivity contribution in [3.05, 3.63) is 35.5 Å². The molecule has 2 rings (SSSR count). The maximum atomic E-state index is 10.2. The van der Waals surface area contributed by atoms with Gasteiger partial charge < -0.3 is 15.2 Å². The summed E-state index contributed by atoms with van der Waals surface area (Å²) in [7, 11) is 1.99. The molecule has 0 atom stereocenters. The van der Waals surface area contributed by atoms with Crippen LogP contribution in [0.4, 0.5) is 0 Å². The van der Waals surface area contributed by atoms with Gasteiger partial charge in [-0.15, -0.1) is 0 Å². The topological polar surface area (TPSA) is 71.9 Å². The molecular weight excluding hydrogens is 240 g/mol. The van der Waals surface area contributed by atoms with E-state index in [1.165, 1.54) is 0 Å². The summed E-state index contributed by atoms with van der Waals surface area (Å²) in [6.45, 7) is 2.11. The largest absolute Gasteiger partial charge is 0.361 e. The van der Waals surface area contributed by atoms with Gasteiger partial charge in [-0.2, -0.15) is 5.26 Å². The number of hydrogen-bond acceptors (Lipinski definition) is 3. The molecule has 5 nitrogen and oxygen atoms in total. The second kappa shape index (κ2) is 6.03. The summed E-state index contributed by atoms with van der Waals surface area (Å²) in [5.74, 6) is 0. The van der Waals surface area contributed by atoms with E-state index in [0.29, 0.717) is 18.5 Å². The number of nitriles is 1. The van der Waals surface area contributed by atoms with Crippen LogP contribution in [0.1, 0.15) is 11.1 Å². The summed E-state index contributed by atoms with van der Waals surface area (Å²) >= 11 is 0. The van der Waals surface area contributed by atoms with E-state index in [1.807, 2.05) is 31.4 Å². The molecule has 0 saturated carbocycles. The molecule has 0 saturated heterocycles. The average molecular weight is 256 g/mol. The maximum Gasteiger partial charge on any atom is 0.207 e. The molecule has 2 aromatic rings. The van der Waals surface area contributed by atoms with Gasteiger partial charge in [0.05, 0.1) is 17.1 Å². The van der Waals surface area contributed by atoms with Crippen molar-refractivity contribution in [2.75, 3.05) is 20.1 Å². The Morgan fingerprint density at radius 1 is 1.53 bits per heavy atom. The molecule has 1 aromatic heterocycles. The van der Waals surface area contributed by atoms with Crippen LogP contribution in [0.3, 0.4) is 0 Å². The lowest BCUT2D eigenvalue weighted by molar-refractivity contribution is -0.109. The first-order valence-corrected chi connectivity index (χ1v) is 6.10. The van der Waals surface area contributed by atoms with E-state index in [2.05, 4.69) is 21.3 Å². The fraction of sp³-hybridized carbons (Fsp3) is 0.286. The molecule has 0 radical (unpaired) electrons. The Morgan fingerprint density at radius 3 is 3.11 bits per heavy atom. The number of H-pyrrole nitrogens is 1. The fourth-order valence-electron chi connectivity index (χ4n) is 2.12. The van der Waals surface area contributed by atoms with Gasteiger partial charge in [0, 0.05) is 31.2 Å². The Balaban J connectivity index is 2.17. The van der Waals surface area contributed by atoms with Crippen molar-refractivity contribution in [1.82, 2.24) is 15.2 Å². The van der Waals surface area contributed by atoms with Crippen LogP contribution in [0.5, 0.6) is 0 Å². The molecule has 0 unspecified atom stereocenters. The van der Waals surface area contributed by atoms with Gasteiger partial charge in [0.15, 0.2) is 0 Å². The predicted octanol–water partition coefficient (Wildman–Crippen LogP) is 1.22. The number of benzene rings is 1. The summed E-state index contributed by atoms with van der Waals surface area (Å²) in [6.07, 6.45) is 2.58. The average Bonchev–Trinajstić information content (AvgIpc) is 2.87. The number of hydrogen-bond donors (Lipinski definition) is 2. The van der Waals surface area contributed by atoms with E-state index < -0.39 is 0 Å². The molecule has 0 aliphatic heterocycles. The summed E-state index contributed by atoms with van der Waals surface area (Å²) in [5, 5.41) is 12.7. The van der Waals surface area contributed by atoms with Gasteiger partial charge in [-0.05, 0) is 30.8 Å². The molecule has 0 fully saturated rings. The normalized spacial score (nSPS) is 10.6. The number of rotatable bonds is 6. The van der Waals surface area contributed by atoms with E-state index in [1.54, 1.807) is 0 Å². The minimum absolute atomic E-state index is 0.617. The number of carbonyl (C=O) groups excluding carboxylic acids is 1. The van der Waals surface area contributed by atoms with Crippen LogP contribution in [-0.2, 0) is 11.3 Å². The van der Waals surface area contributed by atoms with Gasteiger partial charge in [-0.3, -0.25) is 4.79 Å². The number of nitrogens with one attached hydrogen (secondary N) is 2. The van der Waals surface area contributed by atoms with E-state index in [0.717, 1.165) is 29.6 Å². The summed E-state index contributed by atoms with van der Waals surface area (Å²) < 4.78 is 0. The third-order valence-corrected chi connectivity index (χ3v) is 3.03. The Labute approximate surface area is 111 Å². The van der Waals surface area contributed by atoms with Gasteiger partial charge in [-0.25, -0.2) is 0 Å². The first kappa shape index (κ1) is 13.1. The van der Waals surface area contributed by atoms with Crippen molar-refractivity contribution in [1.29, 1.82) is 5.26 Å². The zero-order chi connectivity index (χ0) is 13.7. The lowest BCUT2D eigenvalue weighted by Crippen LogP contribution is -2.28. The van der Waals surface area contributed by atoms with Crippen molar-refractivity contribution in [3.63, 3.8) is 0 Å². The molecule has 1 amide bonds. The first-order chi connectivity index (χ1) is 9.24. The third-order valence-electron chi connectivity index (χ3n) is 3.03. The van der Waals surface area contributed by atoms with Crippen LogP contribution in [0.15, 0.2) is 24.4 Å². The highest BCUT2D eigenvalue weighted by Crippen LogP contribution is 2.20. The van der Waals surface area contributed by atoms with Crippen molar-refractivity contribution in [2.24, 2.45) is 0 Å². The lowest BCUT2D eigenvalue weighted by Gasteiger charge is -2.17. The van der Waals surface area contributed by atoms with Crippen molar-refractivity contribution < 1.29 is 4.79 Å². The minimum Gasteiger partial charge on any atom is -0.361 e. The predicted molar refractivity (Wildman–Crippen MR) is 73.4 cm³/mol. The molecule has 0 aliphatic carbocycles. The zero-order valence-corrected chi connectivity index (χ0v) is 10.8. The van der Waals surface area contributed by atoms with E-state index in [4.69, 9.17) is 5.26 Å². The second-order valence-electron chi connectivity index (χ2n) is 4.50. The zero-order valence-electron chi connectivity index (χ0n) is 10.8. The standard InChI is InChI=1S/C14H16N4O/c1-18(5-4-16-10-19)9-13-7-11(8-15)6-12-2-3-17-14(12)13/h2-3,6-7,10,17H,4-5,9H2,1H3,(H,16,19). The number of nitrogens with zero attached hydrogens (tertiary/aromatic N) is 2. The number of aromatic nitrogens is 1. The van der Waals surface area contributed by atoms with E-state index >= 15 is 0 Å². The molecule has 1 aromatic carbocycles. The second-order valence-corrected chi connectivity index (χ2v) is 4.50. The molecule has 0 spiro atoms. The molecule has 5 heteroatoms. The van der Waals surface area contributed by atoms with Crippen LogP contribution in [0.2, 0.25) is 0 Å². The van der Waals surface area contributed by atoms with Crippen LogP contribution in [0.25, 0.3) is 10.9 Å². The molecule has 2 N–H and O–H groups in total. The van der Waals surface area contributed by atoms with Gasteiger partial charge in [-0.1, -0.05) is 0 Å². The van der Waals surface area contributed by atoms with Gasteiger partial charge in [0.2, 0.25) is 6.41 Å². The Kier molecular flexibility index (Phi) is 4.16. The molecule has 98 valence electrons. The monoisotopic (exact) mass is 256 g/mol. The molecule has 19 heavy (non-hydrogen) atoms. The van der Waals surface area contributed by atoms with Crippen molar-refractivity contribution in [3.8, 4) is 6.07 Å². The summed E-state index contributed by atoms with van der Waals surface area (Å²) in [5.41, 5.74) is 2.82. The number of fused-ring (bicyclic) bond motifs is 1. The van der Waals surface area contributed by atoms with Crippen molar-refractivity contribution in [2.45, 2.75) is 6.54 Å². The highest BCUT2D eigenvalue weighted by molar-refractivity contribution is 5.84. The third kappa shape index (κ3) is 3.12. The number of carbonyl (C=O) groups is 1. The van der Waals surface area contributed by atoms with Crippen LogP contribution < -0.4 is 5.32 Å². The summed E-state index contributed by atoms with van der Waals surface area (Å²) in [4.78, 5) is 15.5. The quantitative estimate of drug-likeness (QED) is 0.603. The maximum absolute atomic E-state index is 10.2. The SMILES string of the molecule is CN(CCNC=O)Cc1cc(C#N)cc2cc[nH]c12. The molecular formula is C14H16N4O.